The zero-order valence-electron chi connectivity index (χ0n) is 14.6. The fourth-order valence-corrected chi connectivity index (χ4v) is 2.62. The Morgan fingerprint density at radius 2 is 1.00 bits per heavy atom. The van der Waals surface area contributed by atoms with E-state index in [4.69, 9.17) is 5.73 Å². The molecule has 0 aromatic heterocycles. The Labute approximate surface area is 137 Å². The summed E-state index contributed by atoms with van der Waals surface area (Å²) in [4.78, 5) is 0. The summed E-state index contributed by atoms with van der Waals surface area (Å²) in [5, 5.41) is 0. The van der Waals surface area contributed by atoms with Crippen molar-refractivity contribution in [2.45, 2.75) is 103 Å². The van der Waals surface area contributed by atoms with Gasteiger partial charge in [-0.15, -0.1) is 0 Å². The molecule has 0 aromatic rings. The van der Waals surface area contributed by atoms with Crippen molar-refractivity contribution in [3.63, 3.8) is 0 Å². The van der Waals surface area contributed by atoms with Crippen molar-refractivity contribution in [2.75, 3.05) is 6.54 Å². The van der Waals surface area contributed by atoms with E-state index in [-0.39, 0.29) is 0 Å². The maximum Gasteiger partial charge on any atom is 0.0553 e. The van der Waals surface area contributed by atoms with Crippen molar-refractivity contribution in [3.8, 4) is 0 Å². The molecule has 0 atom stereocenters. The molecule has 0 aliphatic carbocycles. The molecule has 119 valence electrons. The van der Waals surface area contributed by atoms with Gasteiger partial charge in [-0.25, -0.2) is 0 Å². The molecule has 0 aliphatic rings. The van der Waals surface area contributed by atoms with Gasteiger partial charge in [0.1, 0.15) is 0 Å². The molecule has 0 aromatic carbocycles. The van der Waals surface area contributed by atoms with Crippen LogP contribution in [-0.4, -0.2) is 27.9 Å². The van der Waals surface area contributed by atoms with Gasteiger partial charge < -0.3 is 5.73 Å². The molecule has 0 bridgehead atoms. The van der Waals surface area contributed by atoms with Crippen LogP contribution >= 0.6 is 0 Å². The summed E-state index contributed by atoms with van der Waals surface area (Å²) < 4.78 is 0. The van der Waals surface area contributed by atoms with Crippen LogP contribution in [0.2, 0.25) is 12.6 Å². The average Bonchev–Trinajstić information content (AvgIpc) is 2.50. The molecule has 2 N–H and O–H groups in total. The van der Waals surface area contributed by atoms with Crippen molar-refractivity contribution in [1.29, 1.82) is 0 Å². The first kappa shape index (κ1) is 21.2. The van der Waals surface area contributed by atoms with E-state index in [0.717, 1.165) is 6.54 Å². The molecule has 4 heteroatoms. The number of hydrogen-bond acceptors (Lipinski definition) is 1. The number of unbranched alkanes of at least 4 members (excludes halogenated alkanes) is 11. The Bertz CT molecular complexity index is 161. The molecular weight excluding hydrogens is 251 g/mol. The second kappa shape index (κ2) is 20.2. The number of hydrogen-bond donors (Lipinski definition) is 1. The summed E-state index contributed by atoms with van der Waals surface area (Å²) in [5.41, 5.74) is 5.48. The van der Waals surface area contributed by atoms with Crippen LogP contribution in [0, 0.1) is 0 Å². The lowest BCUT2D eigenvalue weighted by molar-refractivity contribution is 0.602. The lowest BCUT2D eigenvalue weighted by Crippen LogP contribution is -2.11. The third-order valence-electron chi connectivity index (χ3n) is 4.07. The van der Waals surface area contributed by atoms with Gasteiger partial charge in [0.15, 0.2) is 0 Å². The Morgan fingerprint density at radius 3 is 1.48 bits per heavy atom. The Hall–Kier alpha value is 0.155. The van der Waals surface area contributed by atoms with Crippen LogP contribution in [0.15, 0.2) is 0 Å². The Balaban J connectivity index is 2.90. The van der Waals surface area contributed by atoms with E-state index in [1.54, 1.807) is 0 Å². The van der Waals surface area contributed by atoms with Gasteiger partial charge in [-0.2, -0.15) is 0 Å². The topological polar surface area (TPSA) is 26.0 Å². The first-order valence-electron chi connectivity index (χ1n) is 9.60. The van der Waals surface area contributed by atoms with Crippen molar-refractivity contribution in [2.24, 2.45) is 5.73 Å². The SMILES string of the molecule is CCCCCCCCC[B][B][B]CCCCCCCCN. The van der Waals surface area contributed by atoms with Crippen LogP contribution in [0.4, 0.5) is 0 Å². The smallest absolute Gasteiger partial charge is 0.0553 e. The van der Waals surface area contributed by atoms with Gasteiger partial charge in [-0.3, -0.25) is 0 Å². The van der Waals surface area contributed by atoms with E-state index in [1.165, 1.54) is 96.1 Å². The minimum Gasteiger partial charge on any atom is -0.330 e. The second-order valence-corrected chi connectivity index (χ2v) is 6.27. The van der Waals surface area contributed by atoms with E-state index in [1.807, 2.05) is 0 Å². The minimum absolute atomic E-state index is 0.858. The van der Waals surface area contributed by atoms with Crippen LogP contribution < -0.4 is 5.73 Å². The molecular formula is C17H37B3N. The van der Waals surface area contributed by atoms with Gasteiger partial charge in [-0.1, -0.05) is 96.6 Å². The molecule has 3 radical (unpaired) electrons. The maximum atomic E-state index is 5.48. The fraction of sp³-hybridized carbons (Fsp3) is 1.00. The summed E-state index contributed by atoms with van der Waals surface area (Å²) in [7, 11) is 6.99. The van der Waals surface area contributed by atoms with Gasteiger partial charge in [0, 0.05) is 7.06 Å². The first-order valence-corrected chi connectivity index (χ1v) is 9.60. The summed E-state index contributed by atoms with van der Waals surface area (Å²) in [6.45, 7) is 3.14. The van der Waals surface area contributed by atoms with Gasteiger partial charge in [-0.05, 0) is 13.0 Å². The zero-order valence-corrected chi connectivity index (χ0v) is 14.6. The highest BCUT2D eigenvalue weighted by molar-refractivity contribution is 7.29. The average molecular weight is 288 g/mol. The highest BCUT2D eigenvalue weighted by Gasteiger charge is 1.96. The molecule has 21 heavy (non-hydrogen) atoms. The lowest BCUT2D eigenvalue weighted by Gasteiger charge is -2.02. The summed E-state index contributed by atoms with van der Waals surface area (Å²) in [6, 6.07) is 0. The monoisotopic (exact) mass is 288 g/mol. The predicted molar refractivity (Wildman–Crippen MR) is 102 cm³/mol. The molecule has 1 nitrogen and oxygen atoms in total. The van der Waals surface area contributed by atoms with Crippen molar-refractivity contribution in [3.05, 3.63) is 0 Å². The van der Waals surface area contributed by atoms with Crippen molar-refractivity contribution < 1.29 is 0 Å². The summed E-state index contributed by atoms with van der Waals surface area (Å²) >= 11 is 0. The van der Waals surface area contributed by atoms with Crippen LogP contribution in [0.25, 0.3) is 0 Å². The molecule has 0 unspecified atom stereocenters. The molecule has 0 amide bonds. The molecule has 0 heterocycles. The van der Waals surface area contributed by atoms with E-state index < -0.39 is 0 Å². The van der Waals surface area contributed by atoms with E-state index in [2.05, 4.69) is 28.3 Å². The summed E-state index contributed by atoms with van der Waals surface area (Å²) in [5.74, 6) is 0. The number of nitrogens with two attached hydrogens (primary N) is 1. The number of rotatable bonds is 18. The quantitative estimate of drug-likeness (QED) is 0.284. The normalized spacial score (nSPS) is 10.6. The van der Waals surface area contributed by atoms with Gasteiger partial charge >= 0.3 is 0 Å². The molecule has 0 aliphatic heterocycles. The minimum atomic E-state index is 0.858. The Morgan fingerprint density at radius 1 is 0.571 bits per heavy atom. The van der Waals surface area contributed by atoms with Crippen LogP contribution in [0.5, 0.6) is 0 Å². The molecule has 0 spiro atoms. The van der Waals surface area contributed by atoms with Crippen LogP contribution in [-0.2, 0) is 0 Å². The predicted octanol–water partition coefficient (Wildman–Crippen LogP) is 4.82. The molecule has 0 saturated heterocycles. The third kappa shape index (κ3) is 20.2. The van der Waals surface area contributed by atoms with Crippen LogP contribution in [0.1, 0.15) is 90.4 Å². The van der Waals surface area contributed by atoms with Gasteiger partial charge in [0.2, 0.25) is 0 Å². The Kier molecular flexibility index (Phi) is 20.3. The lowest BCUT2D eigenvalue weighted by atomic mass is 9.18. The highest BCUT2D eigenvalue weighted by Crippen LogP contribution is 2.08. The first-order chi connectivity index (χ1) is 10.4. The molecule has 0 rings (SSSR count). The van der Waals surface area contributed by atoms with Crippen LogP contribution in [0.3, 0.4) is 0 Å². The third-order valence-corrected chi connectivity index (χ3v) is 4.07. The standard InChI is InChI=1S/C17H37B3N/c1-2-3-4-5-6-9-12-15-18-20-19-16-13-10-7-8-11-14-17-21/h2-17,21H2,1H3. The maximum absolute atomic E-state index is 5.48. The van der Waals surface area contributed by atoms with Crippen molar-refractivity contribution >= 4 is 21.4 Å². The van der Waals surface area contributed by atoms with Gasteiger partial charge in [0.25, 0.3) is 0 Å². The largest absolute Gasteiger partial charge is 0.330 e. The van der Waals surface area contributed by atoms with E-state index in [0.29, 0.717) is 0 Å². The van der Waals surface area contributed by atoms with Crippen molar-refractivity contribution in [1.82, 2.24) is 0 Å². The second-order valence-electron chi connectivity index (χ2n) is 6.27. The van der Waals surface area contributed by atoms with E-state index in [9.17, 15) is 0 Å². The summed E-state index contributed by atoms with van der Waals surface area (Å²) in [6.07, 6.45) is 20.4. The van der Waals surface area contributed by atoms with Gasteiger partial charge in [0.05, 0.1) is 14.3 Å². The van der Waals surface area contributed by atoms with E-state index >= 15 is 0 Å². The fourth-order valence-electron chi connectivity index (χ4n) is 2.62. The molecule has 0 fully saturated rings. The zero-order chi connectivity index (χ0) is 15.4. The highest BCUT2D eigenvalue weighted by atomic mass is 14.5. The molecule has 0 saturated carbocycles.